The van der Waals surface area contributed by atoms with Crippen LogP contribution in [0.25, 0.3) is 0 Å². The van der Waals surface area contributed by atoms with E-state index >= 15 is 0 Å². The smallest absolute Gasteiger partial charge is 0.254 e. The van der Waals surface area contributed by atoms with Crippen LogP contribution in [0.1, 0.15) is 49.5 Å². The summed E-state index contributed by atoms with van der Waals surface area (Å²) in [6, 6.07) is 19.4. The van der Waals surface area contributed by atoms with Gasteiger partial charge < -0.3 is 10.0 Å². The Balaban J connectivity index is 1.91. The van der Waals surface area contributed by atoms with E-state index in [1.807, 2.05) is 86.3 Å². The summed E-state index contributed by atoms with van der Waals surface area (Å²) < 4.78 is 0. The number of carbonyl (C=O) groups excluding carboxylic acids is 1. The fourth-order valence-corrected chi connectivity index (χ4v) is 2.95. The van der Waals surface area contributed by atoms with E-state index in [0.717, 1.165) is 12.0 Å². The highest BCUT2D eigenvalue weighted by atomic mass is 16.3. The first-order chi connectivity index (χ1) is 11.9. The number of aliphatic hydroxyl groups excluding tert-OH is 1. The molecule has 0 radical (unpaired) electrons. The third-order valence-electron chi connectivity index (χ3n) is 4.31. The summed E-state index contributed by atoms with van der Waals surface area (Å²) in [5.74, 6) is 0.0469. The first kappa shape index (κ1) is 19.2. The SMILES string of the molecule is CC(C)(C)N(CCCC(O)Cc1ccccc1)C(=O)c1ccccc1. The minimum atomic E-state index is -0.379. The summed E-state index contributed by atoms with van der Waals surface area (Å²) in [7, 11) is 0. The minimum absolute atomic E-state index is 0.0469. The van der Waals surface area contributed by atoms with Crippen molar-refractivity contribution in [1.82, 2.24) is 4.90 Å². The molecule has 0 aliphatic heterocycles. The van der Waals surface area contributed by atoms with Crippen molar-refractivity contribution in [3.8, 4) is 0 Å². The third-order valence-corrected chi connectivity index (χ3v) is 4.31. The Morgan fingerprint density at radius 3 is 2.12 bits per heavy atom. The lowest BCUT2D eigenvalue weighted by atomic mass is 10.0. The van der Waals surface area contributed by atoms with E-state index in [1.165, 1.54) is 0 Å². The topological polar surface area (TPSA) is 40.5 Å². The molecule has 1 unspecified atom stereocenters. The van der Waals surface area contributed by atoms with Crippen LogP contribution in [0, 0.1) is 0 Å². The highest BCUT2D eigenvalue weighted by molar-refractivity contribution is 5.94. The molecule has 3 nitrogen and oxygen atoms in total. The van der Waals surface area contributed by atoms with Crippen LogP contribution in [0.2, 0.25) is 0 Å². The first-order valence-corrected chi connectivity index (χ1v) is 8.97. The number of aliphatic hydroxyl groups is 1. The number of benzene rings is 2. The van der Waals surface area contributed by atoms with E-state index in [1.54, 1.807) is 0 Å². The van der Waals surface area contributed by atoms with Gasteiger partial charge in [-0.05, 0) is 57.7 Å². The Morgan fingerprint density at radius 1 is 1.00 bits per heavy atom. The molecule has 2 rings (SSSR count). The van der Waals surface area contributed by atoms with E-state index < -0.39 is 0 Å². The lowest BCUT2D eigenvalue weighted by molar-refractivity contribution is 0.0560. The lowest BCUT2D eigenvalue weighted by Crippen LogP contribution is -2.46. The van der Waals surface area contributed by atoms with Crippen molar-refractivity contribution in [3.05, 3.63) is 71.8 Å². The molecule has 1 amide bonds. The Morgan fingerprint density at radius 2 is 1.56 bits per heavy atom. The van der Waals surface area contributed by atoms with Crippen molar-refractivity contribution in [2.45, 2.75) is 51.7 Å². The van der Waals surface area contributed by atoms with Crippen molar-refractivity contribution in [2.75, 3.05) is 6.54 Å². The van der Waals surface area contributed by atoms with Crippen molar-refractivity contribution >= 4 is 5.91 Å². The van der Waals surface area contributed by atoms with Gasteiger partial charge in [0.25, 0.3) is 5.91 Å². The quantitative estimate of drug-likeness (QED) is 0.816. The Bertz CT molecular complexity index is 647. The molecule has 0 bridgehead atoms. The Hall–Kier alpha value is -2.13. The number of hydrogen-bond acceptors (Lipinski definition) is 2. The normalized spacial score (nSPS) is 12.6. The summed E-state index contributed by atoms with van der Waals surface area (Å²) in [6.45, 7) is 6.79. The van der Waals surface area contributed by atoms with Gasteiger partial charge in [0.2, 0.25) is 0 Å². The molecule has 134 valence electrons. The molecule has 0 saturated carbocycles. The summed E-state index contributed by atoms with van der Waals surface area (Å²) in [5, 5.41) is 10.3. The molecule has 0 aliphatic rings. The summed E-state index contributed by atoms with van der Waals surface area (Å²) >= 11 is 0. The second-order valence-corrected chi connectivity index (χ2v) is 7.48. The van der Waals surface area contributed by atoms with Crippen LogP contribution in [-0.4, -0.2) is 34.1 Å². The molecule has 0 aromatic heterocycles. The molecule has 2 aromatic carbocycles. The molecular formula is C22H29NO2. The van der Waals surface area contributed by atoms with Crippen LogP contribution in [-0.2, 0) is 6.42 Å². The average Bonchev–Trinajstić information content (AvgIpc) is 2.59. The second kappa shape index (κ2) is 8.82. The molecule has 0 heterocycles. The van der Waals surface area contributed by atoms with E-state index in [2.05, 4.69) is 0 Å². The number of nitrogens with zero attached hydrogens (tertiary/aromatic N) is 1. The van der Waals surface area contributed by atoms with Crippen LogP contribution >= 0.6 is 0 Å². The Kier molecular flexibility index (Phi) is 6.77. The molecule has 25 heavy (non-hydrogen) atoms. The van der Waals surface area contributed by atoms with Gasteiger partial charge in [-0.1, -0.05) is 48.5 Å². The predicted molar refractivity (Wildman–Crippen MR) is 103 cm³/mol. The van der Waals surface area contributed by atoms with Gasteiger partial charge >= 0.3 is 0 Å². The maximum atomic E-state index is 12.8. The van der Waals surface area contributed by atoms with Gasteiger partial charge in [-0.15, -0.1) is 0 Å². The van der Waals surface area contributed by atoms with Gasteiger partial charge in [0, 0.05) is 17.6 Å². The van der Waals surface area contributed by atoms with E-state index in [0.29, 0.717) is 24.9 Å². The number of carbonyl (C=O) groups is 1. The Labute approximate surface area is 151 Å². The maximum Gasteiger partial charge on any atom is 0.254 e. The average molecular weight is 339 g/mol. The van der Waals surface area contributed by atoms with Gasteiger partial charge in [-0.2, -0.15) is 0 Å². The summed E-state index contributed by atoms with van der Waals surface area (Å²) in [6.07, 6.45) is 1.74. The van der Waals surface area contributed by atoms with Crippen molar-refractivity contribution < 1.29 is 9.90 Å². The summed E-state index contributed by atoms with van der Waals surface area (Å²) in [5.41, 5.74) is 1.60. The zero-order chi connectivity index (χ0) is 18.3. The monoisotopic (exact) mass is 339 g/mol. The van der Waals surface area contributed by atoms with Gasteiger partial charge in [-0.3, -0.25) is 4.79 Å². The highest BCUT2D eigenvalue weighted by Crippen LogP contribution is 2.19. The van der Waals surface area contributed by atoms with Crippen LogP contribution in [0.4, 0.5) is 0 Å². The fourth-order valence-electron chi connectivity index (χ4n) is 2.95. The zero-order valence-electron chi connectivity index (χ0n) is 15.5. The van der Waals surface area contributed by atoms with E-state index in [9.17, 15) is 9.90 Å². The third kappa shape index (κ3) is 6.02. The van der Waals surface area contributed by atoms with Crippen LogP contribution in [0.5, 0.6) is 0 Å². The molecule has 1 atom stereocenters. The largest absolute Gasteiger partial charge is 0.393 e. The molecule has 0 spiro atoms. The first-order valence-electron chi connectivity index (χ1n) is 8.97. The molecule has 0 saturated heterocycles. The van der Waals surface area contributed by atoms with Crippen molar-refractivity contribution in [2.24, 2.45) is 0 Å². The number of rotatable bonds is 7. The van der Waals surface area contributed by atoms with E-state index in [-0.39, 0.29) is 17.6 Å². The standard InChI is InChI=1S/C22H29NO2/c1-22(2,3)23(21(25)19-13-8-5-9-14-19)16-10-15-20(24)17-18-11-6-4-7-12-18/h4-9,11-14,20,24H,10,15-17H2,1-3H3. The lowest BCUT2D eigenvalue weighted by Gasteiger charge is -2.36. The van der Waals surface area contributed by atoms with Gasteiger partial charge in [0.05, 0.1) is 6.10 Å². The van der Waals surface area contributed by atoms with Gasteiger partial charge in [0.1, 0.15) is 0 Å². The van der Waals surface area contributed by atoms with Gasteiger partial charge in [-0.25, -0.2) is 0 Å². The molecule has 3 heteroatoms. The zero-order valence-corrected chi connectivity index (χ0v) is 15.5. The second-order valence-electron chi connectivity index (χ2n) is 7.48. The molecule has 0 fully saturated rings. The van der Waals surface area contributed by atoms with Crippen molar-refractivity contribution in [1.29, 1.82) is 0 Å². The number of amides is 1. The highest BCUT2D eigenvalue weighted by Gasteiger charge is 2.26. The van der Waals surface area contributed by atoms with Crippen LogP contribution < -0.4 is 0 Å². The summed E-state index contributed by atoms with van der Waals surface area (Å²) in [4.78, 5) is 14.7. The molecule has 2 aromatic rings. The maximum absolute atomic E-state index is 12.8. The van der Waals surface area contributed by atoms with E-state index in [4.69, 9.17) is 0 Å². The van der Waals surface area contributed by atoms with Crippen LogP contribution in [0.15, 0.2) is 60.7 Å². The minimum Gasteiger partial charge on any atom is -0.393 e. The molecule has 1 N–H and O–H groups in total. The van der Waals surface area contributed by atoms with Gasteiger partial charge in [0.15, 0.2) is 0 Å². The van der Waals surface area contributed by atoms with Crippen LogP contribution in [0.3, 0.4) is 0 Å². The fraction of sp³-hybridized carbons (Fsp3) is 0.409. The van der Waals surface area contributed by atoms with Crippen molar-refractivity contribution in [3.63, 3.8) is 0 Å². The number of hydrogen-bond donors (Lipinski definition) is 1. The molecule has 0 aliphatic carbocycles. The molecular weight excluding hydrogens is 310 g/mol. The predicted octanol–water partition coefficient (Wildman–Crippen LogP) is 4.31.